The van der Waals surface area contributed by atoms with E-state index >= 15 is 0 Å². The lowest BCUT2D eigenvalue weighted by molar-refractivity contribution is 0.0607. The molecule has 1 amide bonds. The molecular formula is C16H22ClNO2. The van der Waals surface area contributed by atoms with Crippen LogP contribution in [0.2, 0.25) is 5.02 Å². The van der Waals surface area contributed by atoms with E-state index in [1.807, 2.05) is 17.0 Å². The van der Waals surface area contributed by atoms with Crippen molar-refractivity contribution in [2.75, 3.05) is 6.54 Å². The highest BCUT2D eigenvalue weighted by Crippen LogP contribution is 2.25. The van der Waals surface area contributed by atoms with E-state index in [9.17, 15) is 9.90 Å². The third kappa shape index (κ3) is 3.74. The number of benzene rings is 1. The molecule has 0 bridgehead atoms. The summed E-state index contributed by atoms with van der Waals surface area (Å²) in [6.07, 6.45) is 4.48. The lowest BCUT2D eigenvalue weighted by Gasteiger charge is -2.31. The van der Waals surface area contributed by atoms with Crippen molar-refractivity contribution in [3.63, 3.8) is 0 Å². The molecule has 4 heteroatoms. The van der Waals surface area contributed by atoms with Gasteiger partial charge in [-0.05, 0) is 38.3 Å². The molecule has 20 heavy (non-hydrogen) atoms. The van der Waals surface area contributed by atoms with Gasteiger partial charge in [0.2, 0.25) is 0 Å². The molecule has 0 aliphatic carbocycles. The van der Waals surface area contributed by atoms with Gasteiger partial charge in [-0.15, -0.1) is 0 Å². The van der Waals surface area contributed by atoms with Crippen LogP contribution in [0.3, 0.4) is 0 Å². The lowest BCUT2D eigenvalue weighted by Crippen LogP contribution is -2.41. The Labute approximate surface area is 125 Å². The normalized spacial score (nSPS) is 21.4. The SMILES string of the molecule is CC(O)CC1CCCCCN1C(=O)c1ccccc1Cl. The third-order valence-corrected chi connectivity index (χ3v) is 4.19. The van der Waals surface area contributed by atoms with Crippen LogP contribution in [-0.2, 0) is 0 Å². The van der Waals surface area contributed by atoms with Crippen LogP contribution in [0.15, 0.2) is 24.3 Å². The second-order valence-corrected chi connectivity index (χ2v) is 5.97. The van der Waals surface area contributed by atoms with Gasteiger partial charge in [0.25, 0.3) is 5.91 Å². The molecule has 1 aromatic rings. The van der Waals surface area contributed by atoms with Gasteiger partial charge < -0.3 is 10.0 Å². The molecule has 3 nitrogen and oxygen atoms in total. The van der Waals surface area contributed by atoms with Crippen molar-refractivity contribution in [3.05, 3.63) is 34.9 Å². The highest BCUT2D eigenvalue weighted by Gasteiger charge is 2.28. The van der Waals surface area contributed by atoms with Crippen LogP contribution in [0.1, 0.15) is 49.4 Å². The smallest absolute Gasteiger partial charge is 0.255 e. The Morgan fingerprint density at radius 3 is 2.85 bits per heavy atom. The minimum atomic E-state index is -0.389. The molecule has 1 aromatic carbocycles. The van der Waals surface area contributed by atoms with E-state index in [1.165, 1.54) is 0 Å². The zero-order valence-corrected chi connectivity index (χ0v) is 12.6. The molecule has 0 aromatic heterocycles. The van der Waals surface area contributed by atoms with Crippen molar-refractivity contribution in [2.24, 2.45) is 0 Å². The number of amides is 1. The number of carbonyl (C=O) groups is 1. The van der Waals surface area contributed by atoms with Gasteiger partial charge in [-0.1, -0.05) is 36.6 Å². The van der Waals surface area contributed by atoms with Gasteiger partial charge in [-0.3, -0.25) is 4.79 Å². The topological polar surface area (TPSA) is 40.5 Å². The monoisotopic (exact) mass is 295 g/mol. The number of likely N-dealkylation sites (tertiary alicyclic amines) is 1. The quantitative estimate of drug-likeness (QED) is 0.927. The van der Waals surface area contributed by atoms with Gasteiger partial charge in [-0.2, -0.15) is 0 Å². The molecule has 0 radical (unpaired) electrons. The van der Waals surface area contributed by atoms with Gasteiger partial charge in [0.05, 0.1) is 16.7 Å². The second-order valence-electron chi connectivity index (χ2n) is 5.57. The maximum Gasteiger partial charge on any atom is 0.255 e. The zero-order valence-electron chi connectivity index (χ0n) is 11.9. The Morgan fingerprint density at radius 1 is 1.40 bits per heavy atom. The first-order valence-electron chi connectivity index (χ1n) is 7.33. The first-order valence-corrected chi connectivity index (χ1v) is 7.71. The van der Waals surface area contributed by atoms with Crippen LogP contribution < -0.4 is 0 Å². The summed E-state index contributed by atoms with van der Waals surface area (Å²) < 4.78 is 0. The molecule has 2 rings (SSSR count). The molecule has 0 saturated carbocycles. The molecule has 2 atom stereocenters. The Bertz CT molecular complexity index is 462. The minimum absolute atomic E-state index is 0.0110. The number of aliphatic hydroxyl groups excluding tert-OH is 1. The third-order valence-electron chi connectivity index (χ3n) is 3.86. The predicted octanol–water partition coefficient (Wildman–Crippen LogP) is 3.50. The van der Waals surface area contributed by atoms with E-state index in [4.69, 9.17) is 11.6 Å². The highest BCUT2D eigenvalue weighted by molar-refractivity contribution is 6.33. The van der Waals surface area contributed by atoms with Crippen LogP contribution in [0, 0.1) is 0 Å². The van der Waals surface area contributed by atoms with Gasteiger partial charge >= 0.3 is 0 Å². The molecular weight excluding hydrogens is 274 g/mol. The summed E-state index contributed by atoms with van der Waals surface area (Å²) in [6.45, 7) is 2.53. The summed E-state index contributed by atoms with van der Waals surface area (Å²) in [5.74, 6) is -0.0110. The van der Waals surface area contributed by atoms with Crippen molar-refractivity contribution in [3.8, 4) is 0 Å². The summed E-state index contributed by atoms with van der Waals surface area (Å²) in [7, 11) is 0. The van der Waals surface area contributed by atoms with E-state index < -0.39 is 0 Å². The fourth-order valence-electron chi connectivity index (χ4n) is 2.87. The van der Waals surface area contributed by atoms with Gasteiger partial charge in [-0.25, -0.2) is 0 Å². The number of halogens is 1. The Kier molecular flexibility index (Phi) is 5.44. The maximum atomic E-state index is 12.7. The zero-order chi connectivity index (χ0) is 14.5. The van der Waals surface area contributed by atoms with E-state index in [0.29, 0.717) is 17.0 Å². The average Bonchev–Trinajstić information content (AvgIpc) is 2.63. The predicted molar refractivity (Wildman–Crippen MR) is 81.0 cm³/mol. The Morgan fingerprint density at radius 2 is 2.15 bits per heavy atom. The van der Waals surface area contributed by atoms with Crippen LogP contribution in [0.5, 0.6) is 0 Å². The fraction of sp³-hybridized carbons (Fsp3) is 0.562. The van der Waals surface area contributed by atoms with Crippen LogP contribution in [0.25, 0.3) is 0 Å². The molecule has 1 saturated heterocycles. The first-order chi connectivity index (χ1) is 9.59. The minimum Gasteiger partial charge on any atom is -0.393 e. The molecule has 2 unspecified atom stereocenters. The van der Waals surface area contributed by atoms with Crippen molar-refractivity contribution in [1.29, 1.82) is 0 Å². The van der Waals surface area contributed by atoms with E-state index in [2.05, 4.69) is 0 Å². The molecule has 1 aliphatic rings. The average molecular weight is 296 g/mol. The van der Waals surface area contributed by atoms with Crippen LogP contribution >= 0.6 is 11.6 Å². The number of rotatable bonds is 3. The second kappa shape index (κ2) is 7.09. The van der Waals surface area contributed by atoms with Crippen molar-refractivity contribution >= 4 is 17.5 Å². The van der Waals surface area contributed by atoms with Gasteiger partial charge in [0.15, 0.2) is 0 Å². The number of hydrogen-bond donors (Lipinski definition) is 1. The summed E-state index contributed by atoms with van der Waals surface area (Å²) in [4.78, 5) is 14.6. The number of nitrogens with zero attached hydrogens (tertiary/aromatic N) is 1. The molecule has 1 aliphatic heterocycles. The number of hydrogen-bond acceptors (Lipinski definition) is 2. The van der Waals surface area contributed by atoms with Crippen molar-refractivity contribution in [2.45, 2.75) is 51.2 Å². The summed E-state index contributed by atoms with van der Waals surface area (Å²) >= 11 is 6.14. The maximum absolute atomic E-state index is 12.7. The highest BCUT2D eigenvalue weighted by atomic mass is 35.5. The molecule has 1 heterocycles. The summed E-state index contributed by atoms with van der Waals surface area (Å²) in [6, 6.07) is 7.29. The first kappa shape index (κ1) is 15.3. The summed E-state index contributed by atoms with van der Waals surface area (Å²) in [5, 5.41) is 10.2. The van der Waals surface area contributed by atoms with Crippen LogP contribution in [-0.4, -0.2) is 34.6 Å². The standard InChI is InChI=1S/C16H22ClNO2/c1-12(19)11-13-7-3-2-6-10-18(13)16(20)14-8-4-5-9-15(14)17/h4-5,8-9,12-13,19H,2-3,6-7,10-11H2,1H3. The summed E-state index contributed by atoms with van der Waals surface area (Å²) in [5.41, 5.74) is 0.562. The largest absolute Gasteiger partial charge is 0.393 e. The Hall–Kier alpha value is -1.06. The van der Waals surface area contributed by atoms with E-state index in [0.717, 1.165) is 32.2 Å². The van der Waals surface area contributed by atoms with Gasteiger partial charge in [0, 0.05) is 12.6 Å². The van der Waals surface area contributed by atoms with E-state index in [1.54, 1.807) is 19.1 Å². The van der Waals surface area contributed by atoms with Crippen molar-refractivity contribution < 1.29 is 9.90 Å². The molecule has 110 valence electrons. The molecule has 0 spiro atoms. The van der Waals surface area contributed by atoms with Crippen LogP contribution in [0.4, 0.5) is 0 Å². The lowest BCUT2D eigenvalue weighted by atomic mass is 10.0. The van der Waals surface area contributed by atoms with Gasteiger partial charge in [0.1, 0.15) is 0 Å². The number of aliphatic hydroxyl groups is 1. The Balaban J connectivity index is 2.21. The molecule has 1 N–H and O–H groups in total. The fourth-order valence-corrected chi connectivity index (χ4v) is 3.09. The van der Waals surface area contributed by atoms with E-state index in [-0.39, 0.29) is 18.1 Å². The number of carbonyl (C=O) groups excluding carboxylic acids is 1. The van der Waals surface area contributed by atoms with Crippen molar-refractivity contribution in [1.82, 2.24) is 4.90 Å². The molecule has 1 fully saturated rings.